The van der Waals surface area contributed by atoms with Crippen molar-refractivity contribution in [3.05, 3.63) is 82.2 Å². The van der Waals surface area contributed by atoms with E-state index in [1.54, 1.807) is 48.5 Å². The molecule has 39 heavy (non-hydrogen) atoms. The number of benzodiazepines with no additional fused rings is 1. The number of halogens is 4. The molecule has 9 nitrogen and oxygen atoms in total. The van der Waals surface area contributed by atoms with Gasteiger partial charge in [-0.15, -0.1) is 0 Å². The predicted molar refractivity (Wildman–Crippen MR) is 136 cm³/mol. The molecule has 0 saturated heterocycles. The van der Waals surface area contributed by atoms with E-state index < -0.39 is 54.7 Å². The lowest BCUT2D eigenvalue weighted by atomic mass is 9.82. The average Bonchev–Trinajstić information content (AvgIpc) is 3.23. The maximum Gasteiger partial charge on any atom is 0.389 e. The molecule has 3 atom stereocenters. The molecule has 0 bridgehead atoms. The van der Waals surface area contributed by atoms with Gasteiger partial charge in [-0.25, -0.2) is 4.99 Å². The number of nitrogens with zero attached hydrogens (tertiary/aromatic N) is 2. The van der Waals surface area contributed by atoms with Gasteiger partial charge in [0.1, 0.15) is 6.26 Å². The highest BCUT2D eigenvalue weighted by molar-refractivity contribution is 6.36. The van der Waals surface area contributed by atoms with E-state index >= 15 is 0 Å². The third kappa shape index (κ3) is 6.28. The van der Waals surface area contributed by atoms with E-state index in [-0.39, 0.29) is 22.0 Å². The van der Waals surface area contributed by atoms with Crippen LogP contribution in [-0.2, 0) is 14.4 Å². The topological polar surface area (TPSA) is 140 Å². The number of fused-ring (bicyclic) bond motifs is 1. The van der Waals surface area contributed by atoms with Gasteiger partial charge >= 0.3 is 6.18 Å². The first kappa shape index (κ1) is 27.8. The molecule has 204 valence electrons. The Bertz CT molecular complexity index is 1420. The number of benzene rings is 2. The smallest absolute Gasteiger partial charge is 0.369 e. The number of nitrogens with one attached hydrogen (secondary N) is 2. The van der Waals surface area contributed by atoms with E-state index in [1.807, 2.05) is 0 Å². The second-order valence-corrected chi connectivity index (χ2v) is 9.31. The van der Waals surface area contributed by atoms with Crippen molar-refractivity contribution in [2.75, 3.05) is 5.32 Å². The molecule has 3 aromatic rings. The lowest BCUT2D eigenvalue weighted by Gasteiger charge is -2.25. The van der Waals surface area contributed by atoms with Crippen LogP contribution >= 0.6 is 11.6 Å². The molecule has 0 radical (unpaired) electrons. The van der Waals surface area contributed by atoms with Gasteiger partial charge in [0.25, 0.3) is 5.91 Å². The first-order valence-corrected chi connectivity index (χ1v) is 12.1. The van der Waals surface area contributed by atoms with Gasteiger partial charge in [-0.05, 0) is 19.4 Å². The van der Waals surface area contributed by atoms with E-state index in [0.29, 0.717) is 16.8 Å². The molecular weight excluding hydrogens is 539 g/mol. The van der Waals surface area contributed by atoms with Crippen LogP contribution in [0.25, 0.3) is 0 Å². The maximum atomic E-state index is 13.5. The summed E-state index contributed by atoms with van der Waals surface area (Å²) in [5, 5.41) is 8.91. The number of aromatic nitrogens is 1. The van der Waals surface area contributed by atoms with E-state index in [0.717, 1.165) is 6.26 Å². The fourth-order valence-corrected chi connectivity index (χ4v) is 4.62. The van der Waals surface area contributed by atoms with Crippen LogP contribution in [0.4, 0.5) is 18.9 Å². The van der Waals surface area contributed by atoms with Gasteiger partial charge in [0.05, 0.1) is 34.0 Å². The number of aliphatic imine (C=N–C) groups is 1. The Labute approximate surface area is 225 Å². The number of amides is 3. The second kappa shape index (κ2) is 11.3. The van der Waals surface area contributed by atoms with Crippen LogP contribution in [0.2, 0.25) is 5.02 Å². The fourth-order valence-electron chi connectivity index (χ4n) is 4.40. The van der Waals surface area contributed by atoms with Gasteiger partial charge in [-0.1, -0.05) is 59.2 Å². The lowest BCUT2D eigenvalue weighted by Crippen LogP contribution is -2.47. The number of nitrogens with two attached hydrogens (primary N) is 1. The third-order valence-electron chi connectivity index (χ3n) is 6.26. The molecule has 0 saturated carbocycles. The second-order valence-electron chi connectivity index (χ2n) is 8.90. The first-order chi connectivity index (χ1) is 18.5. The summed E-state index contributed by atoms with van der Waals surface area (Å²) in [6.45, 7) is 1.46. The Hall–Kier alpha value is -4.19. The first-order valence-electron chi connectivity index (χ1n) is 11.8. The minimum Gasteiger partial charge on any atom is -0.369 e. The molecule has 4 rings (SSSR count). The summed E-state index contributed by atoms with van der Waals surface area (Å²) in [5.74, 6) is -5.98. The van der Waals surface area contributed by atoms with Crippen molar-refractivity contribution < 1.29 is 32.1 Å². The van der Waals surface area contributed by atoms with Crippen molar-refractivity contribution in [2.45, 2.75) is 38.0 Å². The van der Waals surface area contributed by atoms with Gasteiger partial charge in [-0.3, -0.25) is 14.4 Å². The van der Waals surface area contributed by atoms with Crippen LogP contribution in [0.1, 0.15) is 41.1 Å². The number of carbonyl (C=O) groups is 3. The van der Waals surface area contributed by atoms with Gasteiger partial charge in [-0.2, -0.15) is 13.2 Å². The van der Waals surface area contributed by atoms with Gasteiger partial charge in [0, 0.05) is 23.1 Å². The quantitative estimate of drug-likeness (QED) is 0.380. The summed E-state index contributed by atoms with van der Waals surface area (Å²) in [6, 6.07) is 13.7. The largest absolute Gasteiger partial charge is 0.389 e. The number of para-hydroxylation sites is 1. The molecule has 1 unspecified atom stereocenters. The van der Waals surface area contributed by atoms with Crippen molar-refractivity contribution in [1.29, 1.82) is 0 Å². The van der Waals surface area contributed by atoms with E-state index in [4.69, 9.17) is 21.9 Å². The highest BCUT2D eigenvalue weighted by Crippen LogP contribution is 2.35. The zero-order valence-electron chi connectivity index (χ0n) is 20.5. The fraction of sp³-hybridized carbons (Fsp3) is 0.269. The van der Waals surface area contributed by atoms with Crippen LogP contribution in [0, 0.1) is 12.8 Å². The number of anilines is 1. The summed E-state index contributed by atoms with van der Waals surface area (Å²) in [5.41, 5.74) is 7.44. The monoisotopic (exact) mass is 561 g/mol. The van der Waals surface area contributed by atoms with Crippen molar-refractivity contribution >= 4 is 40.7 Å². The number of hydrogen-bond acceptors (Lipinski definition) is 6. The molecule has 4 N–H and O–H groups in total. The van der Waals surface area contributed by atoms with Crippen LogP contribution in [0.5, 0.6) is 0 Å². The molecule has 1 aliphatic heterocycles. The van der Waals surface area contributed by atoms with Gasteiger partial charge < -0.3 is 20.9 Å². The molecule has 0 spiro atoms. The summed E-state index contributed by atoms with van der Waals surface area (Å²) in [6.07, 6.45) is -7.30. The van der Waals surface area contributed by atoms with Gasteiger partial charge in [0.15, 0.2) is 0 Å². The minimum atomic E-state index is -4.62. The Morgan fingerprint density at radius 2 is 1.90 bits per heavy atom. The molecule has 2 aromatic carbocycles. The number of primary amides is 1. The molecule has 1 aliphatic rings. The summed E-state index contributed by atoms with van der Waals surface area (Å²) in [7, 11) is 0. The Morgan fingerprint density at radius 3 is 2.51 bits per heavy atom. The van der Waals surface area contributed by atoms with Gasteiger partial charge in [0.2, 0.25) is 18.0 Å². The molecule has 3 amide bonds. The molecule has 0 fully saturated rings. The third-order valence-corrected chi connectivity index (χ3v) is 6.57. The summed E-state index contributed by atoms with van der Waals surface area (Å²) < 4.78 is 44.4. The number of alkyl halides is 3. The van der Waals surface area contributed by atoms with Crippen molar-refractivity contribution in [3.8, 4) is 0 Å². The molecule has 1 aromatic heterocycles. The van der Waals surface area contributed by atoms with E-state index in [1.165, 1.54) is 6.92 Å². The van der Waals surface area contributed by atoms with Crippen LogP contribution in [-0.4, -0.2) is 40.9 Å². The zero-order valence-corrected chi connectivity index (χ0v) is 21.2. The zero-order chi connectivity index (χ0) is 28.3. The van der Waals surface area contributed by atoms with Crippen LogP contribution in [0.3, 0.4) is 0 Å². The average molecular weight is 562 g/mol. The molecule has 0 aliphatic carbocycles. The lowest BCUT2D eigenvalue weighted by molar-refractivity contribution is -0.144. The molecule has 2 heterocycles. The number of hydrogen-bond donors (Lipinski definition) is 3. The molecular formula is C26H23ClF3N5O4. The normalized spacial score (nSPS) is 16.8. The molecule has 13 heteroatoms. The van der Waals surface area contributed by atoms with Crippen LogP contribution < -0.4 is 16.4 Å². The van der Waals surface area contributed by atoms with Crippen molar-refractivity contribution in [1.82, 2.24) is 10.5 Å². The van der Waals surface area contributed by atoms with Crippen LogP contribution in [0.15, 0.2) is 64.3 Å². The standard InChI is InChI=1S/C26H23ClF3N5O4/c1-13-17(12-39-35-13)19(22(31)36)15(10-11-26(28,29)30)24(37)34-23-25(38)33-21-16(8-5-9-18(21)27)20(32-23)14-6-3-2-4-7-14/h2-9,12,15,19,23H,10-11H2,1H3,(H2,31,36)(H,33,38)(H,34,37)/t15-,19-,23?/m1/s1. The SMILES string of the molecule is Cc1nocc1[C@H](C(N)=O)[C@@H](CCC(F)(F)F)C(=O)NC1N=C(c2ccccc2)c2cccc(Cl)c2NC1=O. The summed E-state index contributed by atoms with van der Waals surface area (Å²) in [4.78, 5) is 43.6. The predicted octanol–water partition coefficient (Wildman–Crippen LogP) is 4.10. The Balaban J connectivity index is 1.74. The Kier molecular flexibility index (Phi) is 8.05. The number of rotatable bonds is 8. The Morgan fingerprint density at radius 1 is 1.18 bits per heavy atom. The van der Waals surface area contributed by atoms with E-state index in [2.05, 4.69) is 20.8 Å². The summed E-state index contributed by atoms with van der Waals surface area (Å²) >= 11 is 6.34. The minimum absolute atomic E-state index is 0.0720. The maximum absolute atomic E-state index is 13.5. The van der Waals surface area contributed by atoms with Crippen molar-refractivity contribution in [2.24, 2.45) is 16.6 Å². The highest BCUT2D eigenvalue weighted by atomic mass is 35.5. The highest BCUT2D eigenvalue weighted by Gasteiger charge is 2.40. The van der Waals surface area contributed by atoms with Crippen molar-refractivity contribution in [3.63, 3.8) is 0 Å². The van der Waals surface area contributed by atoms with E-state index in [9.17, 15) is 27.6 Å². The number of carbonyl (C=O) groups excluding carboxylic acids is 3. The number of aryl methyl sites for hydroxylation is 1.